The van der Waals surface area contributed by atoms with Gasteiger partial charge in [-0.1, -0.05) is 48.5 Å². The molecule has 2 heterocycles. The maximum Gasteiger partial charge on any atom is 0.304 e. The van der Waals surface area contributed by atoms with Crippen molar-refractivity contribution >= 4 is 5.97 Å². The van der Waals surface area contributed by atoms with Crippen LogP contribution in [0.25, 0.3) is 11.1 Å². The van der Waals surface area contributed by atoms with E-state index < -0.39 is 11.6 Å². The Morgan fingerprint density at radius 3 is 2.36 bits per heavy atom. The van der Waals surface area contributed by atoms with E-state index in [-0.39, 0.29) is 6.10 Å². The van der Waals surface area contributed by atoms with Crippen LogP contribution in [0.15, 0.2) is 73.1 Å². The number of aryl methyl sites for hydroxylation is 1. The number of rotatable bonds is 6. The van der Waals surface area contributed by atoms with Crippen LogP contribution in [0.2, 0.25) is 0 Å². The SMILES string of the molecule is C[N@@+]1(CCCc2ccncc2)CCCC(OC(=O)C2([O-])c3ccccc3-c3ccccc32)C1. The summed E-state index contributed by atoms with van der Waals surface area (Å²) in [7, 11) is 2.24. The fourth-order valence-corrected chi connectivity index (χ4v) is 5.54. The molecule has 0 spiro atoms. The van der Waals surface area contributed by atoms with Gasteiger partial charge in [0.1, 0.15) is 6.54 Å². The first-order valence-electron chi connectivity index (χ1n) is 11.8. The van der Waals surface area contributed by atoms with E-state index in [2.05, 4.69) is 24.2 Å². The topological polar surface area (TPSA) is 62.2 Å². The molecule has 1 aliphatic heterocycles. The zero-order chi connectivity index (χ0) is 22.9. The Balaban J connectivity index is 1.29. The Kier molecular flexibility index (Phi) is 5.77. The Labute approximate surface area is 195 Å². The molecule has 0 amide bonds. The highest BCUT2D eigenvalue weighted by Gasteiger charge is 2.42. The van der Waals surface area contributed by atoms with E-state index in [0.717, 1.165) is 60.9 Å². The number of pyridine rings is 1. The van der Waals surface area contributed by atoms with Gasteiger partial charge >= 0.3 is 5.97 Å². The molecule has 2 atom stereocenters. The van der Waals surface area contributed by atoms with Gasteiger partial charge in [-0.25, -0.2) is 0 Å². The molecule has 1 aromatic heterocycles. The number of esters is 1. The molecule has 1 unspecified atom stereocenters. The third-order valence-electron chi connectivity index (χ3n) is 7.25. The van der Waals surface area contributed by atoms with Crippen LogP contribution in [-0.2, 0) is 21.6 Å². The van der Waals surface area contributed by atoms with Crippen molar-refractivity contribution in [2.24, 2.45) is 0 Å². The number of ether oxygens (including phenoxy) is 1. The minimum absolute atomic E-state index is 0.233. The van der Waals surface area contributed by atoms with Crippen LogP contribution in [0.5, 0.6) is 0 Å². The van der Waals surface area contributed by atoms with Crippen LogP contribution in [0.1, 0.15) is 36.0 Å². The monoisotopic (exact) mass is 442 g/mol. The molecule has 0 bridgehead atoms. The average molecular weight is 443 g/mol. The standard InChI is InChI=1S/C28H30N2O3/c1-30(18-6-8-21-14-16-29-17-15-21)19-7-9-22(20-30)33-27(31)28(32)25-12-4-2-10-23(25)24-11-3-5-13-26(24)28/h2-5,10-17,22H,6-9,18-20H2,1H3/t22?,30-/m1/s1. The summed E-state index contributed by atoms with van der Waals surface area (Å²) in [5, 5.41) is 14.1. The molecular weight excluding hydrogens is 412 g/mol. The maximum atomic E-state index is 14.1. The van der Waals surface area contributed by atoms with Gasteiger partial charge in [-0.2, -0.15) is 0 Å². The van der Waals surface area contributed by atoms with E-state index in [4.69, 9.17) is 4.74 Å². The van der Waals surface area contributed by atoms with Crippen LogP contribution >= 0.6 is 0 Å². The van der Waals surface area contributed by atoms with Crippen molar-refractivity contribution < 1.29 is 19.1 Å². The number of nitrogens with zero attached hydrogens (tertiary/aromatic N) is 2. The highest BCUT2D eigenvalue weighted by Crippen LogP contribution is 2.46. The van der Waals surface area contributed by atoms with Gasteiger partial charge in [-0.3, -0.25) is 9.78 Å². The molecule has 0 N–H and O–H groups in total. The molecule has 1 aliphatic carbocycles. The summed E-state index contributed by atoms with van der Waals surface area (Å²) in [5.74, 6) is -0.671. The van der Waals surface area contributed by atoms with Crippen molar-refractivity contribution in [3.05, 3.63) is 89.7 Å². The maximum absolute atomic E-state index is 14.1. The Morgan fingerprint density at radius 2 is 1.70 bits per heavy atom. The lowest BCUT2D eigenvalue weighted by Crippen LogP contribution is -2.56. The smallest absolute Gasteiger partial charge is 0.304 e. The normalized spacial score (nSPS) is 22.9. The van der Waals surface area contributed by atoms with Crippen molar-refractivity contribution in [3.8, 4) is 11.1 Å². The van der Waals surface area contributed by atoms with Gasteiger partial charge in [-0.05, 0) is 52.8 Å². The lowest BCUT2D eigenvalue weighted by Gasteiger charge is -2.43. The zero-order valence-corrected chi connectivity index (χ0v) is 19.1. The number of benzene rings is 2. The Bertz CT molecular complexity index is 1100. The molecular formula is C28H30N2O3. The fourth-order valence-electron chi connectivity index (χ4n) is 5.54. The van der Waals surface area contributed by atoms with Gasteiger partial charge in [0.25, 0.3) is 0 Å². The van der Waals surface area contributed by atoms with Crippen molar-refractivity contribution in [2.45, 2.75) is 37.4 Å². The van der Waals surface area contributed by atoms with Crippen LogP contribution in [0.4, 0.5) is 0 Å². The molecule has 5 nitrogen and oxygen atoms in total. The molecule has 0 saturated carbocycles. The number of likely N-dealkylation sites (N-methyl/N-ethyl adjacent to an activating group) is 1. The summed E-state index contributed by atoms with van der Waals surface area (Å²) in [4.78, 5) is 17.5. The quantitative estimate of drug-likeness (QED) is 0.433. The number of fused-ring (bicyclic) bond motifs is 3. The molecule has 33 heavy (non-hydrogen) atoms. The summed E-state index contributed by atoms with van der Waals surface area (Å²) < 4.78 is 6.84. The Morgan fingerprint density at radius 1 is 1.06 bits per heavy atom. The van der Waals surface area contributed by atoms with Crippen molar-refractivity contribution in [1.29, 1.82) is 0 Å². The number of piperidine rings is 1. The van der Waals surface area contributed by atoms with Crippen molar-refractivity contribution in [1.82, 2.24) is 4.98 Å². The predicted octanol–water partition coefficient (Wildman–Crippen LogP) is 3.45. The summed E-state index contributed by atoms with van der Waals surface area (Å²) in [6.45, 7) is 2.84. The summed E-state index contributed by atoms with van der Waals surface area (Å²) >= 11 is 0. The van der Waals surface area contributed by atoms with E-state index >= 15 is 0 Å². The van der Waals surface area contributed by atoms with Crippen LogP contribution < -0.4 is 5.11 Å². The first-order chi connectivity index (χ1) is 16.0. The Hall–Kier alpha value is -3.02. The van der Waals surface area contributed by atoms with Crippen LogP contribution in [0.3, 0.4) is 0 Å². The third kappa shape index (κ3) is 4.07. The minimum atomic E-state index is -2.00. The summed E-state index contributed by atoms with van der Waals surface area (Å²) in [6.07, 6.45) is 7.31. The summed E-state index contributed by atoms with van der Waals surface area (Å²) in [5.41, 5.74) is 1.96. The highest BCUT2D eigenvalue weighted by molar-refractivity contribution is 5.95. The molecule has 2 aliphatic rings. The molecule has 5 heteroatoms. The van der Waals surface area contributed by atoms with E-state index in [0.29, 0.717) is 11.1 Å². The molecule has 1 fully saturated rings. The van der Waals surface area contributed by atoms with E-state index in [1.165, 1.54) is 5.56 Å². The van der Waals surface area contributed by atoms with Gasteiger partial charge in [0, 0.05) is 30.8 Å². The van der Waals surface area contributed by atoms with E-state index in [1.54, 1.807) is 12.1 Å². The molecule has 1 saturated heterocycles. The number of hydrogen-bond acceptors (Lipinski definition) is 4. The van der Waals surface area contributed by atoms with Crippen LogP contribution in [-0.4, -0.2) is 48.2 Å². The fraction of sp³-hybridized carbons (Fsp3) is 0.357. The number of carbonyl (C=O) groups excluding carboxylic acids is 1. The zero-order valence-electron chi connectivity index (χ0n) is 19.1. The predicted molar refractivity (Wildman–Crippen MR) is 125 cm³/mol. The number of carbonyl (C=O) groups is 1. The largest absolute Gasteiger partial charge is 0.834 e. The van der Waals surface area contributed by atoms with Crippen molar-refractivity contribution in [2.75, 3.05) is 26.7 Å². The van der Waals surface area contributed by atoms with Gasteiger partial charge in [0.2, 0.25) is 0 Å². The second kappa shape index (κ2) is 8.73. The second-order valence-electron chi connectivity index (χ2n) is 9.65. The minimum Gasteiger partial charge on any atom is -0.834 e. The highest BCUT2D eigenvalue weighted by atomic mass is 16.6. The molecule has 170 valence electrons. The first kappa shape index (κ1) is 21.8. The number of quaternary nitrogens is 1. The summed E-state index contributed by atoms with van der Waals surface area (Å²) in [6, 6.07) is 18.9. The first-order valence-corrected chi connectivity index (χ1v) is 11.8. The lowest BCUT2D eigenvalue weighted by molar-refractivity contribution is -0.917. The number of likely N-dealkylation sites (tertiary alicyclic amines) is 1. The number of hydrogen-bond donors (Lipinski definition) is 0. The van der Waals surface area contributed by atoms with Gasteiger partial charge in [0.15, 0.2) is 6.10 Å². The molecule has 3 aromatic rings. The average Bonchev–Trinajstić information content (AvgIpc) is 3.10. The molecule has 2 aromatic carbocycles. The van der Waals surface area contributed by atoms with E-state index in [1.807, 2.05) is 48.8 Å². The lowest BCUT2D eigenvalue weighted by atomic mass is 9.91. The molecule has 0 radical (unpaired) electrons. The van der Waals surface area contributed by atoms with E-state index in [9.17, 15) is 9.90 Å². The van der Waals surface area contributed by atoms with Gasteiger partial charge in [-0.15, -0.1) is 0 Å². The van der Waals surface area contributed by atoms with Gasteiger partial charge < -0.3 is 14.3 Å². The van der Waals surface area contributed by atoms with Gasteiger partial charge in [0.05, 0.1) is 20.1 Å². The molecule has 5 rings (SSSR count). The van der Waals surface area contributed by atoms with Crippen LogP contribution in [0, 0.1) is 0 Å². The third-order valence-corrected chi connectivity index (χ3v) is 7.25. The van der Waals surface area contributed by atoms with Crippen molar-refractivity contribution in [3.63, 3.8) is 0 Å². The number of aromatic nitrogens is 1. The second-order valence-corrected chi connectivity index (χ2v) is 9.65.